The van der Waals surface area contributed by atoms with Crippen LogP contribution in [0.15, 0.2) is 48.9 Å². The molecule has 5 N–H and O–H groups in total. The number of imidazole rings is 1. The van der Waals surface area contributed by atoms with Gasteiger partial charge in [-0.1, -0.05) is 11.6 Å². The Morgan fingerprint density at radius 2 is 1.74 bits per heavy atom. The van der Waals surface area contributed by atoms with Crippen molar-refractivity contribution in [3.63, 3.8) is 0 Å². The SMILES string of the molecule is Cn1c(-c2cn(-c3cc(N)ccn3)nc2C(F)(F)F)cnc1C(=O)Nc1ccc(C(=O)N2CCN(C(=O)C3CC[N+](CC(=O)O)(CC4CNC4)CC3)CC2)c(Cl)c1. The molecule has 3 aliphatic rings. The number of hydrogen-bond acceptors (Lipinski definition) is 9. The maximum atomic E-state index is 14.1. The van der Waals surface area contributed by atoms with E-state index in [1.165, 1.54) is 48.1 Å². The zero-order valence-electron chi connectivity index (χ0n) is 31.0. The molecule has 0 spiro atoms. The number of likely N-dealkylation sites (tertiary alicyclic amines) is 1. The van der Waals surface area contributed by atoms with Crippen LogP contribution in [0.5, 0.6) is 0 Å². The number of halogens is 4. The van der Waals surface area contributed by atoms with Gasteiger partial charge >= 0.3 is 12.1 Å². The first-order valence-corrected chi connectivity index (χ1v) is 18.9. The van der Waals surface area contributed by atoms with E-state index in [9.17, 15) is 37.5 Å². The predicted molar refractivity (Wildman–Crippen MR) is 201 cm³/mol. The van der Waals surface area contributed by atoms with Crippen molar-refractivity contribution in [1.29, 1.82) is 0 Å². The number of amides is 3. The van der Waals surface area contributed by atoms with Crippen LogP contribution in [0, 0.1) is 11.8 Å². The topological polar surface area (TPSA) is 194 Å². The molecule has 6 heterocycles. The van der Waals surface area contributed by atoms with Crippen molar-refractivity contribution in [1.82, 2.24) is 39.4 Å². The molecule has 57 heavy (non-hydrogen) atoms. The van der Waals surface area contributed by atoms with E-state index in [1.54, 1.807) is 9.80 Å². The van der Waals surface area contributed by atoms with Crippen molar-refractivity contribution in [2.75, 3.05) is 76.5 Å². The maximum Gasteiger partial charge on any atom is 0.435 e. The number of carbonyl (C=O) groups excluding carboxylic acids is 3. The number of nitrogens with zero attached hydrogens (tertiary/aromatic N) is 8. The number of nitrogen functional groups attached to an aromatic ring is 1. The summed E-state index contributed by atoms with van der Waals surface area (Å²) < 4.78 is 44.9. The van der Waals surface area contributed by atoms with Crippen LogP contribution in [0.1, 0.15) is 39.5 Å². The highest BCUT2D eigenvalue weighted by atomic mass is 35.5. The van der Waals surface area contributed by atoms with Crippen LogP contribution >= 0.6 is 11.6 Å². The zero-order chi connectivity index (χ0) is 40.6. The van der Waals surface area contributed by atoms with Gasteiger partial charge in [-0.05, 0) is 24.3 Å². The summed E-state index contributed by atoms with van der Waals surface area (Å²) in [5.41, 5.74) is 4.91. The van der Waals surface area contributed by atoms with Crippen LogP contribution < -0.4 is 16.4 Å². The number of benzene rings is 1. The van der Waals surface area contributed by atoms with E-state index in [0.29, 0.717) is 62.5 Å². The van der Waals surface area contributed by atoms with E-state index >= 15 is 0 Å². The van der Waals surface area contributed by atoms with Crippen LogP contribution in [0.2, 0.25) is 5.02 Å². The lowest BCUT2D eigenvalue weighted by atomic mass is 9.90. The van der Waals surface area contributed by atoms with Crippen molar-refractivity contribution in [3.8, 4) is 17.1 Å². The van der Waals surface area contributed by atoms with Crippen molar-refractivity contribution >= 4 is 46.7 Å². The van der Waals surface area contributed by atoms with Gasteiger partial charge in [-0.3, -0.25) is 14.4 Å². The Morgan fingerprint density at radius 1 is 1.04 bits per heavy atom. The lowest BCUT2D eigenvalue weighted by Crippen LogP contribution is -2.62. The second-order valence-electron chi connectivity index (χ2n) is 14.9. The Labute approximate surface area is 330 Å². The van der Waals surface area contributed by atoms with Crippen LogP contribution in [0.3, 0.4) is 0 Å². The molecule has 16 nitrogen and oxygen atoms in total. The number of carbonyl (C=O) groups is 4. The van der Waals surface area contributed by atoms with Crippen molar-refractivity contribution < 1.29 is 41.9 Å². The summed E-state index contributed by atoms with van der Waals surface area (Å²) in [5.74, 6) is -1.73. The van der Waals surface area contributed by atoms with Gasteiger partial charge in [0.2, 0.25) is 5.91 Å². The quantitative estimate of drug-likeness (QED) is 0.173. The number of nitrogens with one attached hydrogen (secondary N) is 2. The number of rotatable bonds is 10. The zero-order valence-corrected chi connectivity index (χ0v) is 31.8. The van der Waals surface area contributed by atoms with Gasteiger partial charge in [-0.25, -0.2) is 19.4 Å². The summed E-state index contributed by atoms with van der Waals surface area (Å²) in [5, 5.41) is 19.2. The van der Waals surface area contributed by atoms with Gasteiger partial charge in [0.1, 0.15) is 0 Å². The Hall–Kier alpha value is -5.53. The smallest absolute Gasteiger partial charge is 0.435 e. The van der Waals surface area contributed by atoms with Gasteiger partial charge < -0.3 is 40.3 Å². The largest absolute Gasteiger partial charge is 0.477 e. The number of carboxylic acid groups (broad SMARTS) is 1. The molecule has 0 radical (unpaired) electrons. The molecule has 7 rings (SSSR count). The van der Waals surface area contributed by atoms with Crippen LogP contribution in [-0.2, 0) is 22.8 Å². The lowest BCUT2D eigenvalue weighted by molar-refractivity contribution is -0.929. The molecule has 3 saturated heterocycles. The molecule has 0 saturated carbocycles. The maximum absolute atomic E-state index is 14.1. The number of carboxylic acids is 1. The van der Waals surface area contributed by atoms with Gasteiger partial charge in [0.15, 0.2) is 23.9 Å². The van der Waals surface area contributed by atoms with Gasteiger partial charge in [0.25, 0.3) is 11.8 Å². The molecular weight excluding hydrogens is 771 g/mol. The summed E-state index contributed by atoms with van der Waals surface area (Å²) in [7, 11) is 1.39. The van der Waals surface area contributed by atoms with Gasteiger partial charge in [-0.15, -0.1) is 0 Å². The minimum absolute atomic E-state index is 0.0312. The number of anilines is 2. The Bertz CT molecular complexity index is 2190. The molecule has 0 atom stereocenters. The number of piperidine rings is 1. The second-order valence-corrected chi connectivity index (χ2v) is 15.3. The summed E-state index contributed by atoms with van der Waals surface area (Å²) in [6.07, 6.45) is 0.0237. The third kappa shape index (κ3) is 8.45. The Kier molecular flexibility index (Phi) is 11.0. The fourth-order valence-corrected chi connectivity index (χ4v) is 8.17. The van der Waals surface area contributed by atoms with E-state index in [2.05, 4.69) is 25.7 Å². The van der Waals surface area contributed by atoms with E-state index in [0.717, 1.165) is 36.7 Å². The van der Waals surface area contributed by atoms with Gasteiger partial charge in [0, 0.05) is 101 Å². The van der Waals surface area contributed by atoms with Crippen LogP contribution in [0.25, 0.3) is 17.1 Å². The molecule has 0 bridgehead atoms. The van der Waals surface area contributed by atoms with Gasteiger partial charge in [0.05, 0.1) is 47.7 Å². The summed E-state index contributed by atoms with van der Waals surface area (Å²) in [4.78, 5) is 63.5. The number of pyridine rings is 1. The molecule has 0 unspecified atom stereocenters. The van der Waals surface area contributed by atoms with E-state index < -0.39 is 23.7 Å². The highest BCUT2D eigenvalue weighted by Gasteiger charge is 2.42. The van der Waals surface area contributed by atoms with Gasteiger partial charge in [-0.2, -0.15) is 18.3 Å². The number of quaternary nitrogens is 1. The first-order chi connectivity index (χ1) is 27.1. The average Bonchev–Trinajstić information content (AvgIpc) is 3.77. The molecule has 20 heteroatoms. The van der Waals surface area contributed by atoms with E-state index in [1.807, 2.05) is 0 Å². The first-order valence-electron chi connectivity index (χ1n) is 18.5. The number of piperazine rings is 1. The number of nitrogens with two attached hydrogens (primary N) is 1. The molecule has 302 valence electrons. The standard InChI is InChI=1S/C37H41ClF3N11O5/c1-48-29(27-19-51(47-32(27)37(39,40)41)30-14-24(42)4-7-44-30)18-45-33(48)34(55)46-25-2-3-26(28(38)15-25)36(57)50-10-8-49(9-11-50)35(56)23-5-12-52(13-6-23,21-31(53)54)20-22-16-43-17-22/h2-4,7,14-15,18-19,22-23,43H,5-6,8-13,16-17,20-21H2,1H3,(H3-,42,44,46,53,54,55,57)/p+1. The third-order valence-electron chi connectivity index (χ3n) is 11.0. The predicted octanol–water partition coefficient (Wildman–Crippen LogP) is 2.99. The van der Waals surface area contributed by atoms with Crippen molar-refractivity contribution in [3.05, 3.63) is 71.0 Å². The number of hydrogen-bond donors (Lipinski definition) is 4. The Balaban J connectivity index is 0.956. The van der Waals surface area contributed by atoms with Crippen LogP contribution in [-0.4, -0.2) is 133 Å². The fraction of sp³-hybridized carbons (Fsp3) is 0.432. The molecule has 3 aromatic heterocycles. The summed E-state index contributed by atoms with van der Waals surface area (Å²) in [6.45, 7) is 5.24. The Morgan fingerprint density at radius 3 is 2.35 bits per heavy atom. The molecular formula is C37H42ClF3N11O5+. The monoisotopic (exact) mass is 812 g/mol. The van der Waals surface area contributed by atoms with Crippen LogP contribution in [0.4, 0.5) is 24.5 Å². The summed E-state index contributed by atoms with van der Waals surface area (Å²) in [6, 6.07) is 7.21. The average molecular weight is 813 g/mol. The molecule has 0 aliphatic carbocycles. The lowest BCUT2D eigenvalue weighted by Gasteiger charge is -2.46. The minimum Gasteiger partial charge on any atom is -0.477 e. The van der Waals surface area contributed by atoms with Crippen molar-refractivity contribution in [2.24, 2.45) is 18.9 Å². The minimum atomic E-state index is -4.84. The number of aromatic nitrogens is 5. The van der Waals surface area contributed by atoms with E-state index in [4.69, 9.17) is 17.3 Å². The van der Waals surface area contributed by atoms with Crippen molar-refractivity contribution in [2.45, 2.75) is 19.0 Å². The fourth-order valence-electron chi connectivity index (χ4n) is 7.91. The molecule has 4 aromatic rings. The highest BCUT2D eigenvalue weighted by molar-refractivity contribution is 6.34. The second kappa shape index (κ2) is 15.8. The number of aliphatic carboxylic acids is 1. The van der Waals surface area contributed by atoms with E-state index in [-0.39, 0.29) is 69.1 Å². The molecule has 3 amide bonds. The molecule has 3 fully saturated rings. The third-order valence-corrected chi connectivity index (χ3v) is 11.3. The molecule has 3 aliphatic heterocycles. The number of alkyl halides is 3. The molecule has 1 aromatic carbocycles. The highest BCUT2D eigenvalue weighted by Crippen LogP contribution is 2.37. The summed E-state index contributed by atoms with van der Waals surface area (Å²) >= 11 is 6.54. The first kappa shape index (κ1) is 39.7. The normalized spacial score (nSPS) is 20.3.